The highest BCUT2D eigenvalue weighted by Gasteiger charge is 2.37. The van der Waals surface area contributed by atoms with E-state index in [0.29, 0.717) is 29.9 Å². The largest absolute Gasteiger partial charge is 0.481 e. The molecule has 1 heterocycles. The highest BCUT2D eigenvalue weighted by molar-refractivity contribution is 6.01. The number of hydrogen-bond donors (Lipinski definition) is 3. The number of hydrogen-bond acceptors (Lipinski definition) is 4. The van der Waals surface area contributed by atoms with Crippen molar-refractivity contribution >= 4 is 29.3 Å². The molecule has 4 rings (SSSR count). The van der Waals surface area contributed by atoms with Crippen LogP contribution < -0.4 is 10.6 Å². The summed E-state index contributed by atoms with van der Waals surface area (Å²) in [5.41, 5.74) is 2.91. The van der Waals surface area contributed by atoms with Crippen LogP contribution in [0, 0.1) is 11.8 Å². The minimum atomic E-state index is -0.894. The highest BCUT2D eigenvalue weighted by atomic mass is 16.4. The maximum atomic E-state index is 12.8. The van der Waals surface area contributed by atoms with Crippen molar-refractivity contribution < 1.29 is 19.5 Å². The maximum Gasteiger partial charge on any atom is 0.324 e. The third-order valence-corrected chi connectivity index (χ3v) is 5.71. The average Bonchev–Trinajstić information content (AvgIpc) is 3.30. The molecule has 1 aliphatic carbocycles. The third kappa shape index (κ3) is 4.83. The second kappa shape index (κ2) is 9.43. The maximum absolute atomic E-state index is 12.8. The van der Waals surface area contributed by atoms with Crippen molar-refractivity contribution in [3.05, 3.63) is 78.5 Å². The van der Waals surface area contributed by atoms with Crippen LogP contribution in [0.25, 0.3) is 11.1 Å². The van der Waals surface area contributed by atoms with Crippen LogP contribution in [0.3, 0.4) is 0 Å². The zero-order chi connectivity index (χ0) is 22.5. The molecule has 2 amide bonds. The fourth-order valence-electron chi connectivity index (χ4n) is 4.05. The summed E-state index contributed by atoms with van der Waals surface area (Å²) in [7, 11) is 0. The number of carboxylic acids is 1. The van der Waals surface area contributed by atoms with Crippen molar-refractivity contribution in [2.24, 2.45) is 11.8 Å². The lowest BCUT2D eigenvalue weighted by Crippen LogP contribution is -2.25. The summed E-state index contributed by atoms with van der Waals surface area (Å²) in [4.78, 5) is 40.5. The molecule has 32 heavy (non-hydrogen) atoms. The first-order valence-corrected chi connectivity index (χ1v) is 10.5. The van der Waals surface area contributed by atoms with Crippen LogP contribution in [-0.4, -0.2) is 27.9 Å². The quantitative estimate of drug-likeness (QED) is 0.474. The summed E-state index contributed by atoms with van der Waals surface area (Å²) < 4.78 is 0. The molecule has 1 fully saturated rings. The monoisotopic (exact) mass is 429 g/mol. The minimum absolute atomic E-state index is 0.108. The topological polar surface area (TPSA) is 108 Å². The van der Waals surface area contributed by atoms with Gasteiger partial charge in [0.25, 0.3) is 0 Å². The molecule has 7 nitrogen and oxygen atoms in total. The van der Waals surface area contributed by atoms with E-state index in [-0.39, 0.29) is 11.8 Å². The van der Waals surface area contributed by atoms with E-state index in [1.54, 1.807) is 36.5 Å². The van der Waals surface area contributed by atoms with Crippen LogP contribution in [0.15, 0.2) is 72.9 Å². The number of carbonyl (C=O) groups is 3. The van der Waals surface area contributed by atoms with E-state index in [0.717, 1.165) is 17.5 Å². The van der Waals surface area contributed by atoms with Gasteiger partial charge in [0.1, 0.15) is 5.82 Å². The van der Waals surface area contributed by atoms with Crippen molar-refractivity contribution in [2.75, 3.05) is 10.6 Å². The van der Waals surface area contributed by atoms with Crippen molar-refractivity contribution in [1.29, 1.82) is 0 Å². The molecule has 162 valence electrons. The highest BCUT2D eigenvalue weighted by Crippen LogP contribution is 2.34. The number of aromatic nitrogens is 1. The van der Waals surface area contributed by atoms with E-state index >= 15 is 0 Å². The first kappa shape index (κ1) is 21.2. The summed E-state index contributed by atoms with van der Waals surface area (Å²) in [5.74, 6) is -1.63. The molecule has 0 spiro atoms. The second-order valence-electron chi connectivity index (χ2n) is 7.80. The molecule has 1 aliphatic rings. The Labute approximate surface area is 185 Å². The number of Topliss-reactive ketones (excluding diaryl/α,β-unsaturated/α-hetero) is 1. The van der Waals surface area contributed by atoms with Crippen molar-refractivity contribution in [3.63, 3.8) is 0 Å². The number of nitrogens with one attached hydrogen (secondary N) is 2. The Morgan fingerprint density at radius 1 is 0.812 bits per heavy atom. The second-order valence-corrected chi connectivity index (χ2v) is 7.80. The lowest BCUT2D eigenvalue weighted by atomic mass is 9.88. The van der Waals surface area contributed by atoms with Gasteiger partial charge in [0, 0.05) is 28.9 Å². The number of anilines is 2. The number of aliphatic carboxylic acids is 1. The van der Waals surface area contributed by atoms with Crippen LogP contribution in [0.4, 0.5) is 16.3 Å². The Kier molecular flexibility index (Phi) is 6.26. The Balaban J connectivity index is 1.39. The van der Waals surface area contributed by atoms with E-state index in [1.165, 1.54) is 0 Å². The van der Waals surface area contributed by atoms with E-state index in [2.05, 4.69) is 15.6 Å². The summed E-state index contributed by atoms with van der Waals surface area (Å²) in [6.07, 6.45) is 3.58. The van der Waals surface area contributed by atoms with E-state index in [1.807, 2.05) is 36.4 Å². The molecule has 1 aromatic heterocycles. The molecule has 3 N–H and O–H groups in total. The Morgan fingerprint density at radius 3 is 2.16 bits per heavy atom. The van der Waals surface area contributed by atoms with Gasteiger partial charge in [0.2, 0.25) is 0 Å². The molecule has 0 aliphatic heterocycles. The van der Waals surface area contributed by atoms with Crippen molar-refractivity contribution in [3.8, 4) is 11.1 Å². The smallest absolute Gasteiger partial charge is 0.324 e. The van der Waals surface area contributed by atoms with Gasteiger partial charge in [-0.25, -0.2) is 9.78 Å². The fourth-order valence-corrected chi connectivity index (χ4v) is 4.05. The summed E-state index contributed by atoms with van der Waals surface area (Å²) >= 11 is 0. The Morgan fingerprint density at radius 2 is 1.50 bits per heavy atom. The van der Waals surface area contributed by atoms with Gasteiger partial charge in [0.15, 0.2) is 5.78 Å². The van der Waals surface area contributed by atoms with Crippen molar-refractivity contribution in [1.82, 2.24) is 4.98 Å². The molecule has 0 radical (unpaired) electrons. The molecular formula is C25H23N3O4. The van der Waals surface area contributed by atoms with Crippen LogP contribution in [0.2, 0.25) is 0 Å². The predicted molar refractivity (Wildman–Crippen MR) is 122 cm³/mol. The normalized spacial score (nSPS) is 17.5. The first-order chi connectivity index (χ1) is 15.5. The molecule has 0 bridgehead atoms. The summed E-state index contributed by atoms with van der Waals surface area (Å²) in [6, 6.07) is 19.4. The van der Waals surface area contributed by atoms with Crippen LogP contribution >= 0.6 is 0 Å². The number of carboxylic acid groups (broad SMARTS) is 1. The van der Waals surface area contributed by atoms with Gasteiger partial charge in [-0.3, -0.25) is 14.9 Å². The molecule has 0 saturated heterocycles. The molecule has 1 saturated carbocycles. The van der Waals surface area contributed by atoms with Crippen LogP contribution in [-0.2, 0) is 4.79 Å². The molecule has 3 aromatic rings. The number of para-hydroxylation sites is 1. The molecule has 2 atom stereocenters. The number of ketones is 1. The lowest BCUT2D eigenvalue weighted by molar-refractivity contribution is -0.142. The Bertz CT molecular complexity index is 1110. The third-order valence-electron chi connectivity index (χ3n) is 5.71. The average molecular weight is 429 g/mol. The van der Waals surface area contributed by atoms with E-state index < -0.39 is 17.8 Å². The fraction of sp³-hybridized carbons (Fsp3) is 0.200. The lowest BCUT2D eigenvalue weighted by Gasteiger charge is -2.14. The van der Waals surface area contributed by atoms with Gasteiger partial charge in [-0.15, -0.1) is 0 Å². The standard InChI is InChI=1S/C25H23N3O4/c29-23(20-7-4-8-21(20)24(30)31)17-11-9-16(10-12-17)18-13-14-22(26-15-18)28-25(32)27-19-5-2-1-3-6-19/h1-3,5-6,9-15,20-21H,4,7-8H2,(H,30,31)(H2,26,27,28,32)/t20-,21-/m1/s1. The van der Waals surface area contributed by atoms with Gasteiger partial charge in [-0.05, 0) is 42.7 Å². The Hall–Kier alpha value is -4.00. The van der Waals surface area contributed by atoms with Gasteiger partial charge in [-0.1, -0.05) is 48.9 Å². The van der Waals surface area contributed by atoms with Gasteiger partial charge in [-0.2, -0.15) is 0 Å². The van der Waals surface area contributed by atoms with Crippen LogP contribution in [0.1, 0.15) is 29.6 Å². The minimum Gasteiger partial charge on any atom is -0.481 e. The number of carbonyl (C=O) groups excluding carboxylic acids is 2. The molecule has 2 aromatic carbocycles. The van der Waals surface area contributed by atoms with Gasteiger partial charge in [0.05, 0.1) is 5.92 Å². The number of pyridine rings is 1. The van der Waals surface area contributed by atoms with Crippen LogP contribution in [0.5, 0.6) is 0 Å². The number of nitrogens with zero attached hydrogens (tertiary/aromatic N) is 1. The SMILES string of the molecule is O=C(Nc1ccccc1)Nc1ccc(-c2ccc(C(=O)[C@@H]3CCC[C@H]3C(=O)O)cc2)cn1. The molecular weight excluding hydrogens is 406 g/mol. The van der Waals surface area contributed by atoms with Gasteiger partial charge < -0.3 is 10.4 Å². The van der Waals surface area contributed by atoms with E-state index in [4.69, 9.17) is 0 Å². The predicted octanol–water partition coefficient (Wildman–Crippen LogP) is 5.08. The van der Waals surface area contributed by atoms with Crippen molar-refractivity contribution in [2.45, 2.75) is 19.3 Å². The summed E-state index contributed by atoms with van der Waals surface area (Å²) in [5, 5.41) is 14.7. The zero-order valence-corrected chi connectivity index (χ0v) is 17.3. The number of rotatable bonds is 6. The number of benzene rings is 2. The van der Waals surface area contributed by atoms with Gasteiger partial charge >= 0.3 is 12.0 Å². The van der Waals surface area contributed by atoms with E-state index in [9.17, 15) is 19.5 Å². The number of urea groups is 1. The summed E-state index contributed by atoms with van der Waals surface area (Å²) in [6.45, 7) is 0. The zero-order valence-electron chi connectivity index (χ0n) is 17.3. The molecule has 7 heteroatoms. The molecule has 0 unspecified atom stereocenters. The number of amides is 2. The first-order valence-electron chi connectivity index (χ1n) is 10.5.